The highest BCUT2D eigenvalue weighted by molar-refractivity contribution is 5.76. The fraction of sp³-hybridized carbons (Fsp3) is 0.833. The van der Waals surface area contributed by atoms with Crippen molar-refractivity contribution >= 4 is 11.9 Å². The maximum Gasteiger partial charge on any atom is 0.303 e. The molecule has 0 aliphatic carbocycles. The predicted molar refractivity (Wildman–Crippen MR) is 65.2 cm³/mol. The normalized spacial score (nSPS) is 11.1. The van der Waals surface area contributed by atoms with Crippen LogP contribution in [0.5, 0.6) is 0 Å². The van der Waals surface area contributed by atoms with Gasteiger partial charge in [-0.1, -0.05) is 0 Å². The van der Waals surface area contributed by atoms with Crippen LogP contribution in [0.2, 0.25) is 0 Å². The van der Waals surface area contributed by atoms with E-state index in [9.17, 15) is 18.4 Å². The number of hydrogen-bond acceptors (Lipinski definition) is 3. The van der Waals surface area contributed by atoms with Crippen LogP contribution in [0.4, 0.5) is 8.78 Å². The van der Waals surface area contributed by atoms with Crippen molar-refractivity contribution in [2.45, 2.75) is 45.6 Å². The second-order valence-electron chi connectivity index (χ2n) is 4.39. The van der Waals surface area contributed by atoms with Crippen LogP contribution in [0.1, 0.15) is 33.1 Å². The summed E-state index contributed by atoms with van der Waals surface area (Å²) in [5.74, 6) is -1.12. The zero-order valence-electron chi connectivity index (χ0n) is 11.3. The number of nitrogens with zero attached hydrogens (tertiary/aromatic N) is 1. The number of carboxylic acid groups (broad SMARTS) is 1. The first-order valence-corrected chi connectivity index (χ1v) is 6.21. The molecule has 0 saturated heterocycles. The Morgan fingerprint density at radius 1 is 1.26 bits per heavy atom. The molecule has 0 atom stereocenters. The first-order valence-electron chi connectivity index (χ1n) is 6.21. The van der Waals surface area contributed by atoms with Gasteiger partial charge in [0.1, 0.15) is 6.61 Å². The lowest BCUT2D eigenvalue weighted by Crippen LogP contribution is -2.38. The van der Waals surface area contributed by atoms with E-state index in [-0.39, 0.29) is 31.4 Å². The van der Waals surface area contributed by atoms with E-state index in [0.29, 0.717) is 13.0 Å². The van der Waals surface area contributed by atoms with Crippen LogP contribution in [-0.4, -0.2) is 54.1 Å². The number of aliphatic carboxylic acids is 1. The smallest absolute Gasteiger partial charge is 0.303 e. The van der Waals surface area contributed by atoms with Gasteiger partial charge in [-0.2, -0.15) is 0 Å². The molecule has 0 spiro atoms. The van der Waals surface area contributed by atoms with Gasteiger partial charge in [-0.3, -0.25) is 9.59 Å². The molecule has 1 amide bonds. The van der Waals surface area contributed by atoms with E-state index >= 15 is 0 Å². The van der Waals surface area contributed by atoms with Crippen molar-refractivity contribution in [3.05, 3.63) is 0 Å². The SMILES string of the molecule is CC(C)N(CCCC(=O)O)C(=O)CCOCC(F)F. The summed E-state index contributed by atoms with van der Waals surface area (Å²) in [6, 6.07) is -0.0589. The Balaban J connectivity index is 4.01. The molecule has 0 bridgehead atoms. The predicted octanol–water partition coefficient (Wildman–Crippen LogP) is 1.76. The first kappa shape index (κ1) is 17.8. The van der Waals surface area contributed by atoms with E-state index < -0.39 is 19.0 Å². The molecule has 0 unspecified atom stereocenters. The van der Waals surface area contributed by atoms with Gasteiger partial charge in [-0.25, -0.2) is 8.78 Å². The quantitative estimate of drug-likeness (QED) is 0.620. The lowest BCUT2D eigenvalue weighted by Gasteiger charge is -2.26. The third kappa shape index (κ3) is 9.35. The molecule has 0 aromatic rings. The molecule has 0 radical (unpaired) electrons. The van der Waals surface area contributed by atoms with E-state index in [1.807, 2.05) is 13.8 Å². The van der Waals surface area contributed by atoms with Gasteiger partial charge in [0.2, 0.25) is 5.91 Å². The van der Waals surface area contributed by atoms with E-state index in [2.05, 4.69) is 4.74 Å². The van der Waals surface area contributed by atoms with Crippen LogP contribution < -0.4 is 0 Å². The molecule has 0 rings (SSSR count). The molecule has 1 N–H and O–H groups in total. The average molecular weight is 281 g/mol. The van der Waals surface area contributed by atoms with Gasteiger partial charge in [0.15, 0.2) is 0 Å². The summed E-state index contributed by atoms with van der Waals surface area (Å²) in [4.78, 5) is 23.8. The summed E-state index contributed by atoms with van der Waals surface area (Å²) in [6.45, 7) is 3.26. The fourth-order valence-corrected chi connectivity index (χ4v) is 1.55. The number of carbonyl (C=O) groups excluding carboxylic acids is 1. The summed E-state index contributed by atoms with van der Waals surface area (Å²) < 4.78 is 28.3. The Bertz CT molecular complexity index is 285. The van der Waals surface area contributed by atoms with Crippen LogP contribution in [0, 0.1) is 0 Å². The molecule has 5 nitrogen and oxygen atoms in total. The third-order valence-electron chi connectivity index (χ3n) is 2.44. The average Bonchev–Trinajstić information content (AvgIpc) is 2.28. The Morgan fingerprint density at radius 3 is 2.37 bits per heavy atom. The number of carbonyl (C=O) groups is 2. The molecule has 0 heterocycles. The number of halogens is 2. The second-order valence-corrected chi connectivity index (χ2v) is 4.39. The lowest BCUT2D eigenvalue weighted by atomic mass is 10.2. The van der Waals surface area contributed by atoms with E-state index in [1.54, 1.807) is 0 Å². The molecule has 0 aliphatic rings. The molecule has 0 fully saturated rings. The van der Waals surface area contributed by atoms with Crippen LogP contribution >= 0.6 is 0 Å². The van der Waals surface area contributed by atoms with Gasteiger partial charge in [0.05, 0.1) is 13.0 Å². The van der Waals surface area contributed by atoms with Gasteiger partial charge in [-0.15, -0.1) is 0 Å². The third-order valence-corrected chi connectivity index (χ3v) is 2.44. The molecule has 19 heavy (non-hydrogen) atoms. The van der Waals surface area contributed by atoms with Crippen LogP contribution in [0.3, 0.4) is 0 Å². The maximum absolute atomic E-state index is 11.8. The van der Waals surface area contributed by atoms with Crippen molar-refractivity contribution in [2.75, 3.05) is 19.8 Å². The summed E-state index contributed by atoms with van der Waals surface area (Å²) in [5, 5.41) is 8.53. The summed E-state index contributed by atoms with van der Waals surface area (Å²) in [5.41, 5.74) is 0. The van der Waals surface area contributed by atoms with Crippen molar-refractivity contribution in [1.29, 1.82) is 0 Å². The van der Waals surface area contributed by atoms with Crippen molar-refractivity contribution in [1.82, 2.24) is 4.90 Å². The highest BCUT2D eigenvalue weighted by Gasteiger charge is 2.17. The number of alkyl halides is 2. The van der Waals surface area contributed by atoms with E-state index in [1.165, 1.54) is 4.90 Å². The summed E-state index contributed by atoms with van der Waals surface area (Å²) in [7, 11) is 0. The van der Waals surface area contributed by atoms with Crippen LogP contribution in [0.15, 0.2) is 0 Å². The lowest BCUT2D eigenvalue weighted by molar-refractivity contribution is -0.139. The minimum Gasteiger partial charge on any atom is -0.481 e. The molecular formula is C12H21F2NO4. The molecule has 112 valence electrons. The molecule has 7 heteroatoms. The number of carboxylic acids is 1. The highest BCUT2D eigenvalue weighted by atomic mass is 19.3. The Kier molecular flexibility index (Phi) is 9.03. The van der Waals surface area contributed by atoms with Crippen molar-refractivity contribution < 1.29 is 28.2 Å². The van der Waals surface area contributed by atoms with Gasteiger partial charge in [-0.05, 0) is 20.3 Å². The number of amides is 1. The van der Waals surface area contributed by atoms with E-state index in [0.717, 1.165) is 0 Å². The minimum absolute atomic E-state index is 0.00160. The van der Waals surface area contributed by atoms with Crippen LogP contribution in [-0.2, 0) is 14.3 Å². The maximum atomic E-state index is 11.8. The van der Waals surface area contributed by atoms with Gasteiger partial charge in [0, 0.05) is 19.0 Å². The zero-order chi connectivity index (χ0) is 14.8. The molecule has 0 aromatic carbocycles. The Morgan fingerprint density at radius 2 is 1.89 bits per heavy atom. The molecule has 0 aliphatic heterocycles. The topological polar surface area (TPSA) is 66.8 Å². The summed E-state index contributed by atoms with van der Waals surface area (Å²) >= 11 is 0. The monoisotopic (exact) mass is 281 g/mol. The minimum atomic E-state index is -2.54. The van der Waals surface area contributed by atoms with Crippen molar-refractivity contribution in [3.8, 4) is 0 Å². The fourth-order valence-electron chi connectivity index (χ4n) is 1.55. The van der Waals surface area contributed by atoms with Gasteiger partial charge in [0.25, 0.3) is 6.43 Å². The van der Waals surface area contributed by atoms with Crippen molar-refractivity contribution in [2.24, 2.45) is 0 Å². The number of hydrogen-bond donors (Lipinski definition) is 1. The van der Waals surface area contributed by atoms with Crippen LogP contribution in [0.25, 0.3) is 0 Å². The molecule has 0 saturated carbocycles. The Hall–Kier alpha value is -1.24. The van der Waals surface area contributed by atoms with Crippen molar-refractivity contribution in [3.63, 3.8) is 0 Å². The molecule has 0 aromatic heterocycles. The first-order chi connectivity index (χ1) is 8.84. The Labute approximate surface area is 111 Å². The summed E-state index contributed by atoms with van der Waals surface area (Å²) in [6.07, 6.45) is -2.14. The van der Waals surface area contributed by atoms with Gasteiger partial charge < -0.3 is 14.7 Å². The molecular weight excluding hydrogens is 260 g/mol. The highest BCUT2D eigenvalue weighted by Crippen LogP contribution is 2.05. The number of rotatable bonds is 10. The second kappa shape index (κ2) is 9.66. The number of ether oxygens (including phenoxy) is 1. The standard InChI is InChI=1S/C12H21F2NO4/c1-9(2)15(6-3-4-12(17)18)11(16)5-7-19-8-10(13)14/h9-10H,3-8H2,1-2H3,(H,17,18). The van der Waals surface area contributed by atoms with E-state index in [4.69, 9.17) is 5.11 Å². The zero-order valence-corrected chi connectivity index (χ0v) is 11.3. The largest absolute Gasteiger partial charge is 0.481 e. The van der Waals surface area contributed by atoms with Gasteiger partial charge >= 0.3 is 5.97 Å².